The van der Waals surface area contributed by atoms with E-state index in [0.717, 1.165) is 30.3 Å². The smallest absolute Gasteiger partial charge is 0.315 e. The summed E-state index contributed by atoms with van der Waals surface area (Å²) in [6, 6.07) is 7.59. The summed E-state index contributed by atoms with van der Waals surface area (Å²) in [7, 11) is 1.42. The number of hydrogen-bond donors (Lipinski definition) is 0. The molecule has 0 bridgehead atoms. The predicted octanol–water partition coefficient (Wildman–Crippen LogP) is 4.30. The summed E-state index contributed by atoms with van der Waals surface area (Å²) >= 11 is 0. The maximum Gasteiger partial charge on any atom is 0.315 e. The van der Waals surface area contributed by atoms with Crippen LogP contribution in [0.25, 0.3) is 0 Å². The fourth-order valence-corrected chi connectivity index (χ4v) is 3.67. The third kappa shape index (κ3) is 3.29. The highest BCUT2D eigenvalue weighted by Gasteiger charge is 2.45. The van der Waals surface area contributed by atoms with Crippen LogP contribution in [0.1, 0.15) is 48.0 Å². The molecule has 1 saturated carbocycles. The summed E-state index contributed by atoms with van der Waals surface area (Å²) in [6.45, 7) is 10.0. The van der Waals surface area contributed by atoms with Crippen molar-refractivity contribution in [1.82, 2.24) is 0 Å². The Kier molecular flexibility index (Phi) is 5.19. The van der Waals surface area contributed by atoms with Crippen LogP contribution in [0.4, 0.5) is 0 Å². The minimum atomic E-state index is -0.644. The first kappa shape index (κ1) is 17.2. The fourth-order valence-electron chi connectivity index (χ4n) is 3.67. The van der Waals surface area contributed by atoms with E-state index in [-0.39, 0.29) is 11.9 Å². The molecule has 0 amide bonds. The molecule has 3 nitrogen and oxygen atoms in total. The van der Waals surface area contributed by atoms with Crippen molar-refractivity contribution in [3.8, 4) is 0 Å². The zero-order valence-corrected chi connectivity index (χ0v) is 13.9. The Morgan fingerprint density at radius 3 is 2.48 bits per heavy atom. The number of carbonyl (C=O) groups excluding carboxylic acids is 2. The zero-order chi connectivity index (χ0) is 17.0. The van der Waals surface area contributed by atoms with Gasteiger partial charge in [-0.05, 0) is 43.6 Å². The Morgan fingerprint density at radius 1 is 1.35 bits per heavy atom. The summed E-state index contributed by atoms with van der Waals surface area (Å²) in [6.07, 6.45) is 4.82. The van der Waals surface area contributed by atoms with Crippen molar-refractivity contribution >= 4 is 12.3 Å². The van der Waals surface area contributed by atoms with Crippen molar-refractivity contribution in [1.29, 1.82) is 0 Å². The summed E-state index contributed by atoms with van der Waals surface area (Å²) in [5, 5.41) is 0. The molecule has 1 aliphatic rings. The lowest BCUT2D eigenvalue weighted by molar-refractivity contribution is -0.152. The minimum Gasteiger partial charge on any atom is -0.468 e. The van der Waals surface area contributed by atoms with E-state index in [0.29, 0.717) is 17.9 Å². The Hall–Kier alpha value is -2.16. The zero-order valence-electron chi connectivity index (χ0n) is 13.9. The lowest BCUT2D eigenvalue weighted by Gasteiger charge is -2.42. The first-order valence-corrected chi connectivity index (χ1v) is 7.90. The van der Waals surface area contributed by atoms with Gasteiger partial charge >= 0.3 is 5.97 Å². The highest BCUT2D eigenvalue weighted by atomic mass is 16.5. The van der Waals surface area contributed by atoms with Crippen LogP contribution in [0.5, 0.6) is 0 Å². The van der Waals surface area contributed by atoms with Gasteiger partial charge in [0.25, 0.3) is 0 Å². The quantitative estimate of drug-likeness (QED) is 0.462. The van der Waals surface area contributed by atoms with E-state index in [1.165, 1.54) is 7.11 Å². The van der Waals surface area contributed by atoms with Crippen molar-refractivity contribution in [2.45, 2.75) is 32.1 Å². The summed E-state index contributed by atoms with van der Waals surface area (Å²) in [4.78, 5) is 23.2. The molecule has 1 fully saturated rings. The monoisotopic (exact) mass is 312 g/mol. The summed E-state index contributed by atoms with van der Waals surface area (Å²) in [5.74, 6) is 0.260. The molecule has 1 aromatic rings. The second kappa shape index (κ2) is 6.95. The molecule has 0 heterocycles. The molecule has 0 aliphatic heterocycles. The Morgan fingerprint density at radius 2 is 2.00 bits per heavy atom. The number of methoxy groups -OCH3 is 1. The highest BCUT2D eigenvalue weighted by molar-refractivity contribution is 5.79. The molecule has 1 aromatic carbocycles. The molecule has 0 aromatic heterocycles. The number of carbonyl (C=O) groups is 2. The number of allylic oxidation sites excluding steroid dienone is 1. The van der Waals surface area contributed by atoms with Gasteiger partial charge in [-0.2, -0.15) is 0 Å². The molecule has 0 saturated heterocycles. The van der Waals surface area contributed by atoms with Gasteiger partial charge in [-0.3, -0.25) is 9.59 Å². The number of rotatable bonds is 5. The molecule has 23 heavy (non-hydrogen) atoms. The number of aldehydes is 1. The third-order valence-electron chi connectivity index (χ3n) is 5.09. The van der Waals surface area contributed by atoms with E-state index < -0.39 is 5.41 Å². The van der Waals surface area contributed by atoms with Crippen molar-refractivity contribution in [3.63, 3.8) is 0 Å². The largest absolute Gasteiger partial charge is 0.468 e. The number of hydrogen-bond acceptors (Lipinski definition) is 3. The van der Waals surface area contributed by atoms with E-state index in [1.54, 1.807) is 6.08 Å². The van der Waals surface area contributed by atoms with Crippen molar-refractivity contribution in [2.24, 2.45) is 11.3 Å². The van der Waals surface area contributed by atoms with E-state index in [2.05, 4.69) is 13.2 Å². The van der Waals surface area contributed by atoms with Crippen LogP contribution in [0.15, 0.2) is 49.1 Å². The standard InChI is InChI=1S/C20H24O3/c1-5-20(19(22)23-4)11-10-17(14(2)3)18(12-20)16-8-6-15(13-21)7-9-16/h5-9,13,17-18H,1-2,10-12H2,3-4H3/t17-,18-,20-/m0/s1. The highest BCUT2D eigenvalue weighted by Crippen LogP contribution is 2.50. The van der Waals surface area contributed by atoms with Crippen molar-refractivity contribution in [3.05, 3.63) is 60.2 Å². The van der Waals surface area contributed by atoms with Crippen LogP contribution in [0.3, 0.4) is 0 Å². The molecule has 1 aliphatic carbocycles. The van der Waals surface area contributed by atoms with Gasteiger partial charge in [-0.15, -0.1) is 6.58 Å². The van der Waals surface area contributed by atoms with Gasteiger partial charge in [0.2, 0.25) is 0 Å². The number of benzene rings is 1. The lowest BCUT2D eigenvalue weighted by Crippen LogP contribution is -2.38. The maximum absolute atomic E-state index is 12.3. The van der Waals surface area contributed by atoms with Gasteiger partial charge in [0.1, 0.15) is 6.29 Å². The van der Waals surface area contributed by atoms with Gasteiger partial charge in [-0.25, -0.2) is 0 Å². The van der Waals surface area contributed by atoms with E-state index in [1.807, 2.05) is 31.2 Å². The topological polar surface area (TPSA) is 43.4 Å². The van der Waals surface area contributed by atoms with Gasteiger partial charge in [-0.1, -0.05) is 42.5 Å². The second-order valence-electron chi connectivity index (χ2n) is 6.44. The molecule has 0 radical (unpaired) electrons. The predicted molar refractivity (Wildman–Crippen MR) is 91.4 cm³/mol. The van der Waals surface area contributed by atoms with Gasteiger partial charge < -0.3 is 4.74 Å². The van der Waals surface area contributed by atoms with Crippen LogP contribution < -0.4 is 0 Å². The van der Waals surface area contributed by atoms with Crippen LogP contribution >= 0.6 is 0 Å². The molecule has 122 valence electrons. The molecule has 0 unspecified atom stereocenters. The van der Waals surface area contributed by atoms with Crippen LogP contribution in [0.2, 0.25) is 0 Å². The van der Waals surface area contributed by atoms with Gasteiger partial charge in [0, 0.05) is 5.56 Å². The molecule has 0 spiro atoms. The summed E-state index contributed by atoms with van der Waals surface area (Å²) < 4.78 is 5.02. The van der Waals surface area contributed by atoms with Gasteiger partial charge in [0.15, 0.2) is 0 Å². The van der Waals surface area contributed by atoms with Crippen molar-refractivity contribution < 1.29 is 14.3 Å². The van der Waals surface area contributed by atoms with E-state index in [4.69, 9.17) is 4.74 Å². The molecule has 0 N–H and O–H groups in total. The Balaban J connectivity index is 2.40. The molecule has 2 rings (SSSR count). The number of esters is 1. The SMILES string of the molecule is C=C[C@]1(C(=O)OC)CC[C@@H](C(=C)C)[C@H](c2ccc(C=O)cc2)C1. The second-order valence-corrected chi connectivity index (χ2v) is 6.44. The average Bonchev–Trinajstić information content (AvgIpc) is 2.60. The Bertz CT molecular complexity index is 614. The minimum absolute atomic E-state index is 0.166. The first-order chi connectivity index (χ1) is 11.0. The normalized spacial score (nSPS) is 27.0. The molecule has 3 atom stereocenters. The van der Waals surface area contributed by atoms with Crippen LogP contribution in [-0.2, 0) is 9.53 Å². The average molecular weight is 312 g/mol. The first-order valence-electron chi connectivity index (χ1n) is 7.90. The van der Waals surface area contributed by atoms with Crippen molar-refractivity contribution in [2.75, 3.05) is 7.11 Å². The van der Waals surface area contributed by atoms with E-state index >= 15 is 0 Å². The fraction of sp³-hybridized carbons (Fsp3) is 0.400. The lowest BCUT2D eigenvalue weighted by atomic mass is 9.62. The van der Waals surface area contributed by atoms with Gasteiger partial charge in [0.05, 0.1) is 12.5 Å². The van der Waals surface area contributed by atoms with Crippen LogP contribution in [0, 0.1) is 11.3 Å². The third-order valence-corrected chi connectivity index (χ3v) is 5.09. The maximum atomic E-state index is 12.3. The summed E-state index contributed by atoms with van der Waals surface area (Å²) in [5.41, 5.74) is 2.25. The number of ether oxygens (including phenoxy) is 1. The molecular weight excluding hydrogens is 288 g/mol. The Labute approximate surface area is 138 Å². The van der Waals surface area contributed by atoms with E-state index in [9.17, 15) is 9.59 Å². The molecular formula is C20H24O3. The van der Waals surface area contributed by atoms with Crippen LogP contribution in [-0.4, -0.2) is 19.4 Å². The molecule has 3 heteroatoms.